The van der Waals surface area contributed by atoms with Crippen molar-refractivity contribution in [1.29, 1.82) is 0 Å². The second-order valence-corrected chi connectivity index (χ2v) is 5.94. The zero-order chi connectivity index (χ0) is 12.8. The zero-order valence-corrected chi connectivity index (χ0v) is 12.7. The molecule has 0 amide bonds. The molecule has 0 bridgehead atoms. The Hall–Kier alpha value is -0.250. The van der Waals surface area contributed by atoms with Crippen LogP contribution in [0.5, 0.6) is 5.75 Å². The first kappa shape index (κ1) is 14.2. The maximum absolute atomic E-state index is 5.95. The van der Waals surface area contributed by atoms with Crippen LogP contribution in [0.3, 0.4) is 0 Å². The molecule has 0 spiro atoms. The second kappa shape index (κ2) is 7.37. The number of ether oxygens (including phenoxy) is 1. The molecule has 1 aromatic carbocycles. The Morgan fingerprint density at radius 1 is 1.39 bits per heavy atom. The highest BCUT2D eigenvalue weighted by atomic mass is 79.9. The zero-order valence-electron chi connectivity index (χ0n) is 10.4. The van der Waals surface area contributed by atoms with Gasteiger partial charge in [0.05, 0.1) is 0 Å². The van der Waals surface area contributed by atoms with E-state index in [0.717, 1.165) is 22.6 Å². The summed E-state index contributed by atoms with van der Waals surface area (Å²) in [6.07, 6.45) is 3.80. The molecule has 18 heavy (non-hydrogen) atoms. The summed E-state index contributed by atoms with van der Waals surface area (Å²) in [5.74, 6) is 2.31. The van der Waals surface area contributed by atoms with Crippen LogP contribution in [-0.4, -0.2) is 25.1 Å². The van der Waals surface area contributed by atoms with Crippen LogP contribution in [0.4, 0.5) is 0 Å². The Morgan fingerprint density at radius 3 is 3.06 bits per heavy atom. The van der Waals surface area contributed by atoms with Crippen molar-refractivity contribution in [2.75, 3.05) is 19.0 Å². The standard InChI is InChI=1S/C14H19BrClNO/c15-12-4-2-5-13(9-12)18-8-7-17-14-6-1-3-11(14)10-16/h2,4-5,9,11,14,17H,1,3,6-8,10H2. The van der Waals surface area contributed by atoms with Gasteiger partial charge >= 0.3 is 0 Å². The van der Waals surface area contributed by atoms with Gasteiger partial charge in [-0.2, -0.15) is 0 Å². The number of benzene rings is 1. The Morgan fingerprint density at radius 2 is 2.28 bits per heavy atom. The van der Waals surface area contributed by atoms with E-state index in [2.05, 4.69) is 21.2 Å². The minimum absolute atomic E-state index is 0.577. The Bertz CT molecular complexity index is 375. The molecular weight excluding hydrogens is 314 g/mol. The topological polar surface area (TPSA) is 21.3 Å². The van der Waals surface area contributed by atoms with Gasteiger partial charge in [-0.3, -0.25) is 0 Å². The van der Waals surface area contributed by atoms with Gasteiger partial charge in [0.2, 0.25) is 0 Å². The van der Waals surface area contributed by atoms with Crippen molar-refractivity contribution < 1.29 is 4.74 Å². The lowest BCUT2D eigenvalue weighted by Crippen LogP contribution is -2.35. The van der Waals surface area contributed by atoms with E-state index in [1.54, 1.807) is 0 Å². The molecule has 1 aliphatic carbocycles. The highest BCUT2D eigenvalue weighted by Gasteiger charge is 2.25. The van der Waals surface area contributed by atoms with E-state index in [4.69, 9.17) is 16.3 Å². The third kappa shape index (κ3) is 4.15. The lowest BCUT2D eigenvalue weighted by atomic mass is 10.1. The van der Waals surface area contributed by atoms with Crippen molar-refractivity contribution in [3.63, 3.8) is 0 Å². The Balaban J connectivity index is 1.67. The average Bonchev–Trinajstić information content (AvgIpc) is 2.82. The maximum atomic E-state index is 5.95. The summed E-state index contributed by atoms with van der Waals surface area (Å²) >= 11 is 9.38. The summed E-state index contributed by atoms with van der Waals surface area (Å²) < 4.78 is 6.74. The molecule has 2 unspecified atom stereocenters. The SMILES string of the molecule is ClCC1CCCC1NCCOc1cccc(Br)c1. The molecule has 1 fully saturated rings. The molecule has 0 saturated heterocycles. The molecule has 0 radical (unpaired) electrons. The van der Waals surface area contributed by atoms with Gasteiger partial charge in [0.1, 0.15) is 12.4 Å². The van der Waals surface area contributed by atoms with Crippen LogP contribution >= 0.6 is 27.5 Å². The summed E-state index contributed by atoms with van der Waals surface area (Å²) in [4.78, 5) is 0. The quantitative estimate of drug-likeness (QED) is 0.631. The third-order valence-electron chi connectivity index (χ3n) is 3.43. The van der Waals surface area contributed by atoms with Crippen LogP contribution in [0.25, 0.3) is 0 Å². The summed E-state index contributed by atoms with van der Waals surface area (Å²) in [7, 11) is 0. The fraction of sp³-hybridized carbons (Fsp3) is 0.571. The predicted molar refractivity (Wildman–Crippen MR) is 79.5 cm³/mol. The van der Waals surface area contributed by atoms with Crippen LogP contribution in [0, 0.1) is 5.92 Å². The lowest BCUT2D eigenvalue weighted by molar-refractivity contribution is 0.297. The minimum Gasteiger partial charge on any atom is -0.492 e. The monoisotopic (exact) mass is 331 g/mol. The smallest absolute Gasteiger partial charge is 0.120 e. The molecule has 1 aliphatic rings. The predicted octanol–water partition coefficient (Wildman–Crippen LogP) is 3.83. The summed E-state index contributed by atoms with van der Waals surface area (Å²) in [5, 5.41) is 3.55. The van der Waals surface area contributed by atoms with Crippen molar-refractivity contribution in [3.05, 3.63) is 28.7 Å². The lowest BCUT2D eigenvalue weighted by Gasteiger charge is -2.18. The van der Waals surface area contributed by atoms with Crippen LogP contribution in [0.2, 0.25) is 0 Å². The van der Waals surface area contributed by atoms with Gasteiger partial charge in [0.25, 0.3) is 0 Å². The van der Waals surface area contributed by atoms with Gasteiger partial charge in [-0.15, -0.1) is 11.6 Å². The van der Waals surface area contributed by atoms with Crippen molar-refractivity contribution in [2.24, 2.45) is 5.92 Å². The number of halogens is 2. The number of rotatable bonds is 6. The molecule has 0 aliphatic heterocycles. The molecule has 1 aromatic rings. The van der Waals surface area contributed by atoms with Crippen LogP contribution in [0.1, 0.15) is 19.3 Å². The van der Waals surface area contributed by atoms with Gasteiger partial charge in [0.15, 0.2) is 0 Å². The van der Waals surface area contributed by atoms with Crippen molar-refractivity contribution in [1.82, 2.24) is 5.32 Å². The minimum atomic E-state index is 0.577. The van der Waals surface area contributed by atoms with E-state index in [9.17, 15) is 0 Å². The third-order valence-corrected chi connectivity index (χ3v) is 4.32. The molecule has 2 rings (SSSR count). The van der Waals surface area contributed by atoms with Crippen LogP contribution in [0.15, 0.2) is 28.7 Å². The summed E-state index contributed by atoms with van der Waals surface area (Å²) in [6.45, 7) is 1.58. The number of hydrogen-bond acceptors (Lipinski definition) is 2. The molecule has 4 heteroatoms. The Kier molecular flexibility index (Phi) is 5.80. The molecule has 100 valence electrons. The maximum Gasteiger partial charge on any atom is 0.120 e. The molecule has 0 heterocycles. The fourth-order valence-corrected chi connectivity index (χ4v) is 3.21. The summed E-state index contributed by atoms with van der Waals surface area (Å²) in [6, 6.07) is 8.51. The van der Waals surface area contributed by atoms with E-state index in [0.29, 0.717) is 18.6 Å². The van der Waals surface area contributed by atoms with Crippen molar-refractivity contribution >= 4 is 27.5 Å². The van der Waals surface area contributed by atoms with Gasteiger partial charge in [0, 0.05) is 22.9 Å². The number of hydrogen-bond donors (Lipinski definition) is 1. The summed E-state index contributed by atoms with van der Waals surface area (Å²) in [5.41, 5.74) is 0. The average molecular weight is 333 g/mol. The number of alkyl halides is 1. The van der Waals surface area contributed by atoms with E-state index in [1.165, 1.54) is 19.3 Å². The Labute approximate surface area is 122 Å². The fourth-order valence-electron chi connectivity index (χ4n) is 2.46. The normalized spacial score (nSPS) is 23.2. The van der Waals surface area contributed by atoms with Gasteiger partial charge in [-0.1, -0.05) is 28.4 Å². The van der Waals surface area contributed by atoms with Gasteiger partial charge < -0.3 is 10.1 Å². The molecule has 1 N–H and O–H groups in total. The van der Waals surface area contributed by atoms with E-state index in [-0.39, 0.29) is 0 Å². The van der Waals surface area contributed by atoms with E-state index < -0.39 is 0 Å². The first-order chi connectivity index (χ1) is 8.79. The first-order valence-corrected chi connectivity index (χ1v) is 7.80. The number of nitrogens with one attached hydrogen (secondary N) is 1. The highest BCUT2D eigenvalue weighted by molar-refractivity contribution is 9.10. The highest BCUT2D eigenvalue weighted by Crippen LogP contribution is 2.26. The van der Waals surface area contributed by atoms with E-state index in [1.807, 2.05) is 24.3 Å². The second-order valence-electron chi connectivity index (χ2n) is 4.71. The molecule has 2 nitrogen and oxygen atoms in total. The van der Waals surface area contributed by atoms with Crippen LogP contribution < -0.4 is 10.1 Å². The molecule has 0 aromatic heterocycles. The van der Waals surface area contributed by atoms with Crippen molar-refractivity contribution in [3.8, 4) is 5.75 Å². The largest absolute Gasteiger partial charge is 0.492 e. The van der Waals surface area contributed by atoms with Crippen molar-refractivity contribution in [2.45, 2.75) is 25.3 Å². The van der Waals surface area contributed by atoms with E-state index >= 15 is 0 Å². The first-order valence-electron chi connectivity index (χ1n) is 6.47. The van der Waals surface area contributed by atoms with Gasteiger partial charge in [-0.05, 0) is 37.0 Å². The molecular formula is C14H19BrClNO. The molecule has 2 atom stereocenters. The molecule has 1 saturated carbocycles. The van der Waals surface area contributed by atoms with Crippen LogP contribution in [-0.2, 0) is 0 Å². The van der Waals surface area contributed by atoms with Gasteiger partial charge in [-0.25, -0.2) is 0 Å².